The van der Waals surface area contributed by atoms with Gasteiger partial charge in [-0.1, -0.05) is 0 Å². The molecule has 0 aliphatic carbocycles. The van der Waals surface area contributed by atoms with Crippen LogP contribution in [0.15, 0.2) is 18.2 Å². The molecule has 0 heterocycles. The summed E-state index contributed by atoms with van der Waals surface area (Å²) < 4.78 is 12.4. The third kappa shape index (κ3) is 2.37. The fourth-order valence-electron chi connectivity index (χ4n) is 0.751. The molecular weight excluding hydrogens is 167 g/mol. The molecule has 62 valence electrons. The molecule has 0 atom stereocenters. The Morgan fingerprint density at radius 3 is 2.45 bits per heavy atom. The van der Waals surface area contributed by atoms with Gasteiger partial charge in [-0.3, -0.25) is 0 Å². The molecular formula is C7H10ClFN2. The van der Waals surface area contributed by atoms with Gasteiger partial charge in [-0.05, 0) is 23.8 Å². The Kier molecular flexibility index (Phi) is 3.85. The van der Waals surface area contributed by atoms with Gasteiger partial charge in [-0.2, -0.15) is 0 Å². The smallest absolute Gasteiger partial charge is 0.123 e. The molecule has 1 rings (SSSR count). The molecule has 1 aromatic carbocycles. The first kappa shape index (κ1) is 10.2. The summed E-state index contributed by atoms with van der Waals surface area (Å²) in [7, 11) is 0. The van der Waals surface area contributed by atoms with E-state index in [4.69, 9.17) is 11.5 Å². The zero-order chi connectivity index (χ0) is 7.56. The van der Waals surface area contributed by atoms with Crippen LogP contribution in [0, 0.1) is 5.82 Å². The van der Waals surface area contributed by atoms with E-state index in [0.717, 1.165) is 0 Å². The van der Waals surface area contributed by atoms with Crippen molar-refractivity contribution in [2.45, 2.75) is 6.54 Å². The topological polar surface area (TPSA) is 52.0 Å². The number of nitrogen functional groups attached to an aromatic ring is 1. The standard InChI is InChI=1S/C7H9FN2.ClH/c8-6-1-2-7(10)5(3-6)4-9;/h1-3H,4,9-10H2;1H. The largest absolute Gasteiger partial charge is 0.398 e. The lowest BCUT2D eigenvalue weighted by Gasteiger charge is -2.00. The Labute approximate surface area is 70.8 Å². The summed E-state index contributed by atoms with van der Waals surface area (Å²) in [5.74, 6) is -0.297. The Morgan fingerprint density at radius 1 is 1.36 bits per heavy atom. The predicted octanol–water partition coefficient (Wildman–Crippen LogP) is 1.29. The molecule has 0 bridgehead atoms. The lowest BCUT2D eigenvalue weighted by Crippen LogP contribution is -2.01. The second-order valence-electron chi connectivity index (χ2n) is 2.05. The van der Waals surface area contributed by atoms with Crippen LogP contribution in [0.3, 0.4) is 0 Å². The maximum absolute atomic E-state index is 12.4. The van der Waals surface area contributed by atoms with Gasteiger partial charge in [0.05, 0.1) is 0 Å². The summed E-state index contributed by atoms with van der Waals surface area (Å²) in [5, 5.41) is 0. The van der Waals surface area contributed by atoms with Gasteiger partial charge in [0.2, 0.25) is 0 Å². The van der Waals surface area contributed by atoms with Crippen molar-refractivity contribution in [3.8, 4) is 0 Å². The van der Waals surface area contributed by atoms with Crippen molar-refractivity contribution in [2.24, 2.45) is 5.73 Å². The second kappa shape index (κ2) is 4.16. The lowest BCUT2D eigenvalue weighted by molar-refractivity contribution is 0.626. The molecule has 11 heavy (non-hydrogen) atoms. The van der Waals surface area contributed by atoms with E-state index in [1.807, 2.05) is 0 Å². The van der Waals surface area contributed by atoms with Crippen LogP contribution >= 0.6 is 12.4 Å². The number of anilines is 1. The fourth-order valence-corrected chi connectivity index (χ4v) is 0.751. The van der Waals surface area contributed by atoms with E-state index < -0.39 is 0 Å². The van der Waals surface area contributed by atoms with Crippen LogP contribution in [0.2, 0.25) is 0 Å². The van der Waals surface area contributed by atoms with E-state index in [2.05, 4.69) is 0 Å². The van der Waals surface area contributed by atoms with Gasteiger partial charge in [-0.25, -0.2) is 4.39 Å². The zero-order valence-electron chi connectivity index (χ0n) is 5.88. The van der Waals surface area contributed by atoms with Gasteiger partial charge in [0, 0.05) is 12.2 Å². The van der Waals surface area contributed by atoms with Crippen molar-refractivity contribution in [3.05, 3.63) is 29.6 Å². The van der Waals surface area contributed by atoms with Crippen molar-refractivity contribution >= 4 is 18.1 Å². The first-order valence-electron chi connectivity index (χ1n) is 2.98. The maximum Gasteiger partial charge on any atom is 0.123 e. The molecule has 4 N–H and O–H groups in total. The lowest BCUT2D eigenvalue weighted by atomic mass is 10.2. The van der Waals surface area contributed by atoms with Gasteiger partial charge in [0.1, 0.15) is 5.82 Å². The SMILES string of the molecule is Cl.NCc1cc(F)ccc1N. The zero-order valence-corrected chi connectivity index (χ0v) is 6.70. The minimum Gasteiger partial charge on any atom is -0.398 e. The molecule has 0 amide bonds. The van der Waals surface area contributed by atoms with Crippen molar-refractivity contribution < 1.29 is 4.39 Å². The molecule has 0 radical (unpaired) electrons. The first-order valence-corrected chi connectivity index (χ1v) is 2.98. The van der Waals surface area contributed by atoms with Crippen molar-refractivity contribution in [1.29, 1.82) is 0 Å². The van der Waals surface area contributed by atoms with E-state index in [9.17, 15) is 4.39 Å². The predicted molar refractivity (Wildman–Crippen MR) is 46.0 cm³/mol. The molecule has 4 heteroatoms. The summed E-state index contributed by atoms with van der Waals surface area (Å²) in [6.07, 6.45) is 0. The average Bonchev–Trinajstić information content (AvgIpc) is 1.94. The van der Waals surface area contributed by atoms with E-state index >= 15 is 0 Å². The van der Waals surface area contributed by atoms with E-state index in [0.29, 0.717) is 11.3 Å². The van der Waals surface area contributed by atoms with Crippen LogP contribution < -0.4 is 11.5 Å². The molecule has 1 aromatic rings. The number of rotatable bonds is 1. The molecule has 0 fully saturated rings. The van der Waals surface area contributed by atoms with Crippen molar-refractivity contribution in [3.63, 3.8) is 0 Å². The van der Waals surface area contributed by atoms with E-state index in [1.165, 1.54) is 18.2 Å². The maximum atomic E-state index is 12.4. The fraction of sp³-hybridized carbons (Fsp3) is 0.143. The highest BCUT2D eigenvalue weighted by Gasteiger charge is 1.96. The van der Waals surface area contributed by atoms with Gasteiger partial charge < -0.3 is 11.5 Å². The second-order valence-corrected chi connectivity index (χ2v) is 2.05. The number of hydrogen-bond donors (Lipinski definition) is 2. The summed E-state index contributed by atoms with van der Waals surface area (Å²) in [6.45, 7) is 0.281. The van der Waals surface area contributed by atoms with Crippen LogP contribution in [0.25, 0.3) is 0 Å². The van der Waals surface area contributed by atoms with Crippen LogP contribution in [0.1, 0.15) is 5.56 Å². The van der Waals surface area contributed by atoms with Crippen LogP contribution in [0.5, 0.6) is 0 Å². The van der Waals surface area contributed by atoms with Crippen LogP contribution in [-0.2, 0) is 6.54 Å². The third-order valence-electron chi connectivity index (χ3n) is 1.32. The molecule has 0 aliphatic rings. The van der Waals surface area contributed by atoms with Gasteiger partial charge in [0.15, 0.2) is 0 Å². The van der Waals surface area contributed by atoms with Gasteiger partial charge in [-0.15, -0.1) is 12.4 Å². The normalized spacial score (nSPS) is 8.91. The molecule has 0 aromatic heterocycles. The summed E-state index contributed by atoms with van der Waals surface area (Å²) >= 11 is 0. The highest BCUT2D eigenvalue weighted by atomic mass is 35.5. The van der Waals surface area contributed by atoms with Crippen LogP contribution in [0.4, 0.5) is 10.1 Å². The first-order chi connectivity index (χ1) is 4.74. The van der Waals surface area contributed by atoms with Crippen molar-refractivity contribution in [1.82, 2.24) is 0 Å². The van der Waals surface area contributed by atoms with Gasteiger partial charge >= 0.3 is 0 Å². The third-order valence-corrected chi connectivity index (χ3v) is 1.32. The quantitative estimate of drug-likeness (QED) is 0.634. The molecule has 0 aliphatic heterocycles. The summed E-state index contributed by atoms with van der Waals surface area (Å²) in [5.41, 5.74) is 11.9. The summed E-state index contributed by atoms with van der Waals surface area (Å²) in [4.78, 5) is 0. The highest BCUT2D eigenvalue weighted by molar-refractivity contribution is 5.85. The molecule has 0 unspecified atom stereocenters. The van der Waals surface area contributed by atoms with Gasteiger partial charge in [0.25, 0.3) is 0 Å². The number of halogens is 2. The van der Waals surface area contributed by atoms with Crippen LogP contribution in [-0.4, -0.2) is 0 Å². The van der Waals surface area contributed by atoms with E-state index in [-0.39, 0.29) is 24.8 Å². The summed E-state index contributed by atoms with van der Waals surface area (Å²) in [6, 6.07) is 4.17. The molecule has 2 nitrogen and oxygen atoms in total. The Balaban J connectivity index is 0.000001000. The number of nitrogens with two attached hydrogens (primary N) is 2. The van der Waals surface area contributed by atoms with Crippen molar-refractivity contribution in [2.75, 3.05) is 5.73 Å². The minimum absolute atomic E-state index is 0. The average molecular weight is 177 g/mol. The Hall–Kier alpha value is -0.800. The Bertz CT molecular complexity index is 240. The number of hydrogen-bond acceptors (Lipinski definition) is 2. The molecule has 0 saturated carbocycles. The Morgan fingerprint density at radius 2 is 2.00 bits per heavy atom. The highest BCUT2D eigenvalue weighted by Crippen LogP contribution is 2.11. The molecule has 0 saturated heterocycles. The molecule has 0 spiro atoms. The monoisotopic (exact) mass is 176 g/mol. The van der Waals surface area contributed by atoms with E-state index in [1.54, 1.807) is 0 Å². The number of benzene rings is 1. The minimum atomic E-state index is -0.297.